The van der Waals surface area contributed by atoms with Gasteiger partial charge in [-0.15, -0.1) is 0 Å². The number of aromatic carboxylic acids is 1. The molecule has 0 bridgehead atoms. The zero-order chi connectivity index (χ0) is 13.4. The summed E-state index contributed by atoms with van der Waals surface area (Å²) >= 11 is 0. The molecule has 1 saturated carbocycles. The smallest absolute Gasteiger partial charge is 0.356 e. The molecule has 0 saturated heterocycles. The number of aryl methyl sites for hydroxylation is 1. The highest BCUT2D eigenvalue weighted by Gasteiger charge is 2.20. The van der Waals surface area contributed by atoms with Crippen molar-refractivity contribution in [1.82, 2.24) is 14.7 Å². The Bertz CT molecular complexity index is 629. The number of rotatable bonds is 4. The van der Waals surface area contributed by atoms with E-state index >= 15 is 0 Å². The van der Waals surface area contributed by atoms with Crippen molar-refractivity contribution in [2.75, 3.05) is 0 Å². The van der Waals surface area contributed by atoms with Gasteiger partial charge >= 0.3 is 5.97 Å². The minimum absolute atomic E-state index is 0.133. The first-order chi connectivity index (χ1) is 9.15. The highest BCUT2D eigenvalue weighted by Crippen LogP contribution is 2.19. The summed E-state index contributed by atoms with van der Waals surface area (Å²) < 4.78 is 1.86. The maximum absolute atomic E-state index is 11.2. The summed E-state index contributed by atoms with van der Waals surface area (Å²) in [4.78, 5) is 15.5. The van der Waals surface area contributed by atoms with E-state index in [-0.39, 0.29) is 5.69 Å². The van der Waals surface area contributed by atoms with Crippen molar-refractivity contribution in [2.45, 2.75) is 38.8 Å². The van der Waals surface area contributed by atoms with Crippen LogP contribution in [0.1, 0.15) is 41.1 Å². The third-order valence-electron chi connectivity index (χ3n) is 3.73. The van der Waals surface area contributed by atoms with Gasteiger partial charge in [0.15, 0.2) is 5.69 Å². The Labute approximate surface area is 111 Å². The molecule has 3 rings (SSSR count). The molecule has 2 heterocycles. The van der Waals surface area contributed by atoms with E-state index in [4.69, 9.17) is 0 Å². The van der Waals surface area contributed by atoms with Crippen LogP contribution in [-0.2, 0) is 6.54 Å². The molecule has 0 aromatic carbocycles. The number of hydrogen-bond acceptors (Lipinski definition) is 3. The van der Waals surface area contributed by atoms with E-state index in [9.17, 15) is 9.90 Å². The highest BCUT2D eigenvalue weighted by atomic mass is 16.4. The van der Waals surface area contributed by atoms with Crippen molar-refractivity contribution in [2.24, 2.45) is 0 Å². The van der Waals surface area contributed by atoms with E-state index in [1.165, 1.54) is 19.3 Å². The monoisotopic (exact) mass is 259 g/mol. The molecular weight excluding hydrogens is 242 g/mol. The third-order valence-corrected chi connectivity index (χ3v) is 3.73. The third kappa shape index (κ3) is 2.21. The standard InChI is InChI=1S/C14H17N3O2/c1-9-5-6-17-11(7-9)13(14(18)19)16-12(17)8-15-10-3-2-4-10/h5-7,10,15H,2-4,8H2,1H3,(H,18,19). The Kier molecular flexibility index (Phi) is 2.98. The van der Waals surface area contributed by atoms with Crippen LogP contribution in [0.2, 0.25) is 0 Å². The average Bonchev–Trinajstić information content (AvgIpc) is 2.65. The van der Waals surface area contributed by atoms with Gasteiger partial charge in [0.05, 0.1) is 12.1 Å². The molecule has 0 unspecified atom stereocenters. The molecule has 1 aliphatic rings. The van der Waals surface area contributed by atoms with Gasteiger partial charge in [-0.1, -0.05) is 6.42 Å². The summed E-state index contributed by atoms with van der Waals surface area (Å²) in [7, 11) is 0. The molecule has 19 heavy (non-hydrogen) atoms. The molecule has 5 nitrogen and oxygen atoms in total. The Morgan fingerprint density at radius 2 is 2.37 bits per heavy atom. The molecule has 0 radical (unpaired) electrons. The average molecular weight is 259 g/mol. The van der Waals surface area contributed by atoms with Gasteiger partial charge in [-0.3, -0.25) is 0 Å². The topological polar surface area (TPSA) is 66.6 Å². The lowest BCUT2D eigenvalue weighted by Gasteiger charge is -2.26. The van der Waals surface area contributed by atoms with E-state index < -0.39 is 5.97 Å². The highest BCUT2D eigenvalue weighted by molar-refractivity contribution is 5.93. The number of carboxylic acids is 1. The molecule has 1 aliphatic carbocycles. The Balaban J connectivity index is 1.96. The molecule has 1 fully saturated rings. The summed E-state index contributed by atoms with van der Waals surface area (Å²) in [5, 5.41) is 12.6. The molecule has 0 aliphatic heterocycles. The molecule has 100 valence electrons. The summed E-state index contributed by atoms with van der Waals surface area (Å²) in [6.45, 7) is 2.56. The van der Waals surface area contributed by atoms with E-state index in [1.807, 2.05) is 29.7 Å². The normalized spacial score (nSPS) is 15.6. The number of pyridine rings is 1. The van der Waals surface area contributed by atoms with Crippen LogP contribution in [0, 0.1) is 6.92 Å². The number of nitrogens with zero attached hydrogens (tertiary/aromatic N) is 2. The van der Waals surface area contributed by atoms with Crippen molar-refractivity contribution >= 4 is 11.5 Å². The molecule has 2 aromatic heterocycles. The predicted molar refractivity (Wildman–Crippen MR) is 71.4 cm³/mol. The van der Waals surface area contributed by atoms with Gasteiger partial charge in [0.2, 0.25) is 0 Å². The fourth-order valence-electron chi connectivity index (χ4n) is 2.38. The van der Waals surface area contributed by atoms with Crippen molar-refractivity contribution in [3.05, 3.63) is 35.4 Å². The summed E-state index contributed by atoms with van der Waals surface area (Å²) in [5.41, 5.74) is 1.83. The summed E-state index contributed by atoms with van der Waals surface area (Å²) in [5.74, 6) is -0.211. The van der Waals surface area contributed by atoms with Crippen molar-refractivity contribution in [1.29, 1.82) is 0 Å². The van der Waals surface area contributed by atoms with Gasteiger partial charge in [0.1, 0.15) is 5.82 Å². The van der Waals surface area contributed by atoms with Crippen LogP contribution in [0.25, 0.3) is 5.52 Å². The van der Waals surface area contributed by atoms with Crippen molar-refractivity contribution in [3.63, 3.8) is 0 Å². The second-order valence-corrected chi connectivity index (χ2v) is 5.15. The molecule has 2 aromatic rings. The first-order valence-corrected chi connectivity index (χ1v) is 6.59. The number of imidazole rings is 1. The number of aromatic nitrogens is 2. The second-order valence-electron chi connectivity index (χ2n) is 5.15. The quantitative estimate of drug-likeness (QED) is 0.881. The van der Waals surface area contributed by atoms with Crippen LogP contribution in [0.15, 0.2) is 18.3 Å². The number of nitrogens with one attached hydrogen (secondary N) is 1. The minimum atomic E-state index is -0.974. The van der Waals surface area contributed by atoms with Crippen molar-refractivity contribution < 1.29 is 9.90 Å². The van der Waals surface area contributed by atoms with E-state index in [2.05, 4.69) is 10.3 Å². The molecule has 2 N–H and O–H groups in total. The first-order valence-electron chi connectivity index (χ1n) is 6.59. The number of hydrogen-bond donors (Lipinski definition) is 2. The summed E-state index contributed by atoms with van der Waals surface area (Å²) in [6.07, 6.45) is 5.57. The van der Waals surface area contributed by atoms with Gasteiger partial charge in [0.25, 0.3) is 0 Å². The second kappa shape index (κ2) is 4.66. The van der Waals surface area contributed by atoms with E-state index in [0.29, 0.717) is 18.1 Å². The molecule has 0 amide bonds. The van der Waals surface area contributed by atoms with Gasteiger partial charge < -0.3 is 14.8 Å². The van der Waals surface area contributed by atoms with Crippen LogP contribution in [0.3, 0.4) is 0 Å². The maximum atomic E-state index is 11.2. The maximum Gasteiger partial charge on any atom is 0.356 e. The van der Waals surface area contributed by atoms with Gasteiger partial charge in [0, 0.05) is 12.2 Å². The number of carbonyl (C=O) groups is 1. The number of fused-ring (bicyclic) bond motifs is 1. The Hall–Kier alpha value is -1.88. The van der Waals surface area contributed by atoms with Crippen LogP contribution in [-0.4, -0.2) is 26.5 Å². The van der Waals surface area contributed by atoms with Crippen molar-refractivity contribution in [3.8, 4) is 0 Å². The van der Waals surface area contributed by atoms with Crippen LogP contribution in [0.4, 0.5) is 0 Å². The van der Waals surface area contributed by atoms with Crippen LogP contribution in [0.5, 0.6) is 0 Å². The minimum Gasteiger partial charge on any atom is -0.476 e. The number of carboxylic acid groups (broad SMARTS) is 1. The molecule has 0 atom stereocenters. The molecular formula is C14H17N3O2. The van der Waals surface area contributed by atoms with Gasteiger partial charge in [-0.2, -0.15) is 0 Å². The zero-order valence-corrected chi connectivity index (χ0v) is 10.9. The Morgan fingerprint density at radius 3 is 3.00 bits per heavy atom. The lowest BCUT2D eigenvalue weighted by molar-refractivity contribution is 0.0693. The summed E-state index contributed by atoms with van der Waals surface area (Å²) in [6, 6.07) is 4.39. The lowest BCUT2D eigenvalue weighted by atomic mass is 9.93. The fourth-order valence-corrected chi connectivity index (χ4v) is 2.38. The van der Waals surface area contributed by atoms with Gasteiger partial charge in [-0.25, -0.2) is 9.78 Å². The first kappa shape index (κ1) is 12.2. The van der Waals surface area contributed by atoms with E-state index in [1.54, 1.807) is 0 Å². The largest absolute Gasteiger partial charge is 0.476 e. The molecule has 5 heteroatoms. The Morgan fingerprint density at radius 1 is 1.58 bits per heavy atom. The predicted octanol–water partition coefficient (Wildman–Crippen LogP) is 1.98. The SMILES string of the molecule is Cc1ccn2c(CNC3CCC3)nc(C(=O)O)c2c1. The van der Waals surface area contributed by atoms with Crippen LogP contribution < -0.4 is 5.32 Å². The fraction of sp³-hybridized carbons (Fsp3) is 0.429. The van der Waals surface area contributed by atoms with E-state index in [0.717, 1.165) is 11.4 Å². The van der Waals surface area contributed by atoms with Gasteiger partial charge in [-0.05, 0) is 37.5 Å². The molecule has 0 spiro atoms. The lowest BCUT2D eigenvalue weighted by Crippen LogP contribution is -2.35. The zero-order valence-electron chi connectivity index (χ0n) is 10.9. The van der Waals surface area contributed by atoms with Crippen LogP contribution >= 0.6 is 0 Å².